The zero-order valence-corrected chi connectivity index (χ0v) is 15.4. The van der Waals surface area contributed by atoms with Crippen LogP contribution in [0.3, 0.4) is 0 Å². The Kier molecular flexibility index (Phi) is 6.17. The molecule has 1 amide bonds. The van der Waals surface area contributed by atoms with Crippen LogP contribution in [0.1, 0.15) is 31.8 Å². The van der Waals surface area contributed by atoms with E-state index < -0.39 is 17.7 Å². The Labute approximate surface area is 163 Å². The number of esters is 1. The SMILES string of the molecule is COC(=O)c1ccc(F)c(NC(=O)c2ccccc2CCc2ccccc2)c1. The van der Waals surface area contributed by atoms with Crippen LogP contribution < -0.4 is 5.32 Å². The van der Waals surface area contributed by atoms with Crippen LogP contribution in [0.15, 0.2) is 72.8 Å². The van der Waals surface area contributed by atoms with Crippen LogP contribution in [0.4, 0.5) is 10.1 Å². The van der Waals surface area contributed by atoms with Crippen molar-refractivity contribution in [1.29, 1.82) is 0 Å². The normalized spacial score (nSPS) is 10.4. The van der Waals surface area contributed by atoms with E-state index in [1.54, 1.807) is 12.1 Å². The molecule has 3 rings (SSSR count). The summed E-state index contributed by atoms with van der Waals surface area (Å²) in [5.74, 6) is -1.65. The third kappa shape index (κ3) is 4.62. The van der Waals surface area contributed by atoms with E-state index in [0.717, 1.165) is 18.1 Å². The van der Waals surface area contributed by atoms with Gasteiger partial charge in [0.1, 0.15) is 5.82 Å². The van der Waals surface area contributed by atoms with Crippen molar-refractivity contribution in [1.82, 2.24) is 0 Å². The van der Waals surface area contributed by atoms with Crippen LogP contribution in [-0.4, -0.2) is 19.0 Å². The van der Waals surface area contributed by atoms with E-state index in [9.17, 15) is 14.0 Å². The largest absolute Gasteiger partial charge is 0.465 e. The summed E-state index contributed by atoms with van der Waals surface area (Å²) in [6, 6.07) is 20.9. The van der Waals surface area contributed by atoms with E-state index in [0.29, 0.717) is 12.0 Å². The summed E-state index contributed by atoms with van der Waals surface area (Å²) >= 11 is 0. The van der Waals surface area contributed by atoms with Crippen molar-refractivity contribution < 1.29 is 18.7 Å². The highest BCUT2D eigenvalue weighted by molar-refractivity contribution is 6.06. The molecule has 0 aliphatic carbocycles. The summed E-state index contributed by atoms with van der Waals surface area (Å²) in [6.07, 6.45) is 1.47. The molecule has 0 atom stereocenters. The first-order valence-corrected chi connectivity index (χ1v) is 8.89. The van der Waals surface area contributed by atoms with E-state index in [1.807, 2.05) is 42.5 Å². The Morgan fingerprint density at radius 1 is 0.929 bits per heavy atom. The molecule has 0 saturated carbocycles. The Morgan fingerprint density at radius 2 is 1.64 bits per heavy atom. The third-order valence-corrected chi connectivity index (χ3v) is 4.42. The van der Waals surface area contributed by atoms with Gasteiger partial charge in [0.2, 0.25) is 0 Å². The van der Waals surface area contributed by atoms with Gasteiger partial charge in [0.25, 0.3) is 5.91 Å². The number of aryl methyl sites for hydroxylation is 2. The number of hydrogen-bond acceptors (Lipinski definition) is 3. The quantitative estimate of drug-likeness (QED) is 0.636. The molecule has 0 aromatic heterocycles. The van der Waals surface area contributed by atoms with Crippen molar-refractivity contribution in [3.05, 3.63) is 101 Å². The number of benzene rings is 3. The Bertz CT molecular complexity index is 986. The second-order valence-electron chi connectivity index (χ2n) is 6.28. The monoisotopic (exact) mass is 377 g/mol. The molecule has 0 aliphatic heterocycles. The summed E-state index contributed by atoms with van der Waals surface area (Å²) in [7, 11) is 1.24. The fourth-order valence-electron chi connectivity index (χ4n) is 2.94. The van der Waals surface area contributed by atoms with Gasteiger partial charge in [-0.05, 0) is 48.2 Å². The lowest BCUT2D eigenvalue weighted by Gasteiger charge is -2.12. The second kappa shape index (κ2) is 8.95. The van der Waals surface area contributed by atoms with Gasteiger partial charge in [0, 0.05) is 5.56 Å². The van der Waals surface area contributed by atoms with Gasteiger partial charge in [-0.3, -0.25) is 4.79 Å². The van der Waals surface area contributed by atoms with Crippen LogP contribution >= 0.6 is 0 Å². The molecule has 28 heavy (non-hydrogen) atoms. The van der Waals surface area contributed by atoms with Crippen LogP contribution in [0.5, 0.6) is 0 Å². The van der Waals surface area contributed by atoms with E-state index in [2.05, 4.69) is 10.1 Å². The van der Waals surface area contributed by atoms with Crippen LogP contribution in [0, 0.1) is 5.82 Å². The molecule has 3 aromatic rings. The number of amides is 1. The molecule has 0 saturated heterocycles. The van der Waals surface area contributed by atoms with Gasteiger partial charge in [0.15, 0.2) is 0 Å². The maximum Gasteiger partial charge on any atom is 0.337 e. The molecule has 0 aliphatic rings. The van der Waals surface area contributed by atoms with Crippen molar-refractivity contribution in [2.24, 2.45) is 0 Å². The average Bonchev–Trinajstić information content (AvgIpc) is 2.74. The van der Waals surface area contributed by atoms with Gasteiger partial charge < -0.3 is 10.1 Å². The van der Waals surface area contributed by atoms with Gasteiger partial charge >= 0.3 is 5.97 Å². The number of nitrogens with one attached hydrogen (secondary N) is 1. The Hall–Kier alpha value is -3.47. The molecule has 0 bridgehead atoms. The number of methoxy groups -OCH3 is 1. The molecule has 0 spiro atoms. The predicted octanol–water partition coefficient (Wildman–Crippen LogP) is 4.65. The topological polar surface area (TPSA) is 55.4 Å². The standard InChI is InChI=1S/C23H20FNO3/c1-28-23(27)18-13-14-20(24)21(15-18)25-22(26)19-10-6-5-9-17(19)12-11-16-7-3-2-4-8-16/h2-10,13-15H,11-12H2,1H3,(H,25,26). The van der Waals surface area contributed by atoms with E-state index in [-0.39, 0.29) is 11.3 Å². The van der Waals surface area contributed by atoms with E-state index in [4.69, 9.17) is 0 Å². The number of anilines is 1. The molecule has 0 unspecified atom stereocenters. The fraction of sp³-hybridized carbons (Fsp3) is 0.130. The Morgan fingerprint density at radius 3 is 2.39 bits per heavy atom. The molecule has 0 fully saturated rings. The van der Waals surface area contributed by atoms with Crippen LogP contribution in [0.25, 0.3) is 0 Å². The summed E-state index contributed by atoms with van der Waals surface area (Å²) in [6.45, 7) is 0. The number of carbonyl (C=O) groups excluding carboxylic acids is 2. The third-order valence-electron chi connectivity index (χ3n) is 4.42. The minimum Gasteiger partial charge on any atom is -0.465 e. The fourth-order valence-corrected chi connectivity index (χ4v) is 2.94. The summed E-state index contributed by atoms with van der Waals surface area (Å²) < 4.78 is 18.8. The van der Waals surface area contributed by atoms with Crippen molar-refractivity contribution in [2.75, 3.05) is 12.4 Å². The molecule has 142 valence electrons. The number of ether oxygens (including phenoxy) is 1. The molecule has 3 aromatic carbocycles. The molecular weight excluding hydrogens is 357 g/mol. The first-order valence-electron chi connectivity index (χ1n) is 8.89. The highest BCUT2D eigenvalue weighted by atomic mass is 19.1. The molecule has 4 nitrogen and oxygen atoms in total. The lowest BCUT2D eigenvalue weighted by atomic mass is 9.99. The second-order valence-corrected chi connectivity index (χ2v) is 6.28. The van der Waals surface area contributed by atoms with Gasteiger partial charge in [0.05, 0.1) is 18.4 Å². The van der Waals surface area contributed by atoms with Crippen molar-refractivity contribution in [3.8, 4) is 0 Å². The number of carbonyl (C=O) groups is 2. The number of hydrogen-bond donors (Lipinski definition) is 1. The Balaban J connectivity index is 1.79. The smallest absolute Gasteiger partial charge is 0.337 e. The molecule has 0 radical (unpaired) electrons. The summed E-state index contributed by atoms with van der Waals surface area (Å²) in [4.78, 5) is 24.4. The number of halogens is 1. The van der Waals surface area contributed by atoms with Crippen LogP contribution in [-0.2, 0) is 17.6 Å². The number of rotatable bonds is 6. The van der Waals surface area contributed by atoms with Gasteiger partial charge in [-0.2, -0.15) is 0 Å². The molecule has 1 N–H and O–H groups in total. The van der Waals surface area contributed by atoms with Gasteiger partial charge in [-0.15, -0.1) is 0 Å². The zero-order valence-electron chi connectivity index (χ0n) is 15.4. The summed E-state index contributed by atoms with van der Waals surface area (Å²) in [5.41, 5.74) is 2.62. The van der Waals surface area contributed by atoms with Crippen LogP contribution in [0.2, 0.25) is 0 Å². The zero-order chi connectivity index (χ0) is 19.9. The lowest BCUT2D eigenvalue weighted by molar-refractivity contribution is 0.0600. The van der Waals surface area contributed by atoms with Crippen molar-refractivity contribution in [3.63, 3.8) is 0 Å². The minimum atomic E-state index is -0.622. The average molecular weight is 377 g/mol. The maximum absolute atomic E-state index is 14.1. The maximum atomic E-state index is 14.1. The van der Waals surface area contributed by atoms with E-state index >= 15 is 0 Å². The first-order chi connectivity index (χ1) is 13.6. The highest BCUT2D eigenvalue weighted by Gasteiger charge is 2.15. The lowest BCUT2D eigenvalue weighted by Crippen LogP contribution is -2.16. The predicted molar refractivity (Wildman–Crippen MR) is 106 cm³/mol. The highest BCUT2D eigenvalue weighted by Crippen LogP contribution is 2.20. The molecular formula is C23H20FNO3. The minimum absolute atomic E-state index is 0.0641. The van der Waals surface area contributed by atoms with Crippen molar-refractivity contribution in [2.45, 2.75) is 12.8 Å². The van der Waals surface area contributed by atoms with Gasteiger partial charge in [-0.25, -0.2) is 9.18 Å². The molecule has 5 heteroatoms. The summed E-state index contributed by atoms with van der Waals surface area (Å²) in [5, 5.41) is 2.56. The molecule has 0 heterocycles. The van der Waals surface area contributed by atoms with Crippen molar-refractivity contribution >= 4 is 17.6 Å². The van der Waals surface area contributed by atoms with E-state index in [1.165, 1.54) is 24.8 Å². The first kappa shape index (κ1) is 19.3. The van der Waals surface area contributed by atoms with Gasteiger partial charge in [-0.1, -0.05) is 48.5 Å².